The summed E-state index contributed by atoms with van der Waals surface area (Å²) in [6.45, 7) is 3.55. The molecule has 1 saturated heterocycles. The number of carbonyl (C=O) groups is 1. The van der Waals surface area contributed by atoms with Gasteiger partial charge >= 0.3 is 0 Å². The lowest BCUT2D eigenvalue weighted by Crippen LogP contribution is -2.43. The summed E-state index contributed by atoms with van der Waals surface area (Å²) in [5.41, 5.74) is 7.75. The second-order valence-electron chi connectivity index (χ2n) is 4.81. The van der Waals surface area contributed by atoms with Gasteiger partial charge in [0, 0.05) is 29.6 Å². The molecule has 0 atom stereocenters. The van der Waals surface area contributed by atoms with Crippen LogP contribution in [-0.2, 0) is 0 Å². The minimum absolute atomic E-state index is 0.148. The molecule has 4 heteroatoms. The van der Waals surface area contributed by atoms with Crippen LogP contribution in [0.3, 0.4) is 0 Å². The average molecular weight is 264 g/mol. The quantitative estimate of drug-likeness (QED) is 0.834. The van der Waals surface area contributed by atoms with Crippen molar-refractivity contribution in [1.82, 2.24) is 4.90 Å². The summed E-state index contributed by atoms with van der Waals surface area (Å²) in [7, 11) is 0. The van der Waals surface area contributed by atoms with Gasteiger partial charge in [-0.2, -0.15) is 0 Å². The lowest BCUT2D eigenvalue weighted by atomic mass is 10.0. The lowest BCUT2D eigenvalue weighted by molar-refractivity contribution is 0.0714. The van der Waals surface area contributed by atoms with E-state index in [4.69, 9.17) is 5.73 Å². The number of thioether (sulfide) groups is 1. The van der Waals surface area contributed by atoms with E-state index >= 15 is 0 Å². The first kappa shape index (κ1) is 13.4. The second-order valence-corrected chi connectivity index (χ2v) is 5.69. The molecule has 0 spiro atoms. The van der Waals surface area contributed by atoms with Crippen LogP contribution in [-0.4, -0.2) is 36.2 Å². The Balaban J connectivity index is 2.17. The first-order valence-corrected chi connectivity index (χ1v) is 7.54. The molecule has 1 aliphatic heterocycles. The number of amides is 1. The smallest absolute Gasteiger partial charge is 0.254 e. The van der Waals surface area contributed by atoms with Crippen molar-refractivity contribution in [3.63, 3.8) is 0 Å². The molecule has 1 aromatic rings. The van der Waals surface area contributed by atoms with Crippen molar-refractivity contribution in [2.75, 3.05) is 19.3 Å². The number of benzene rings is 1. The van der Waals surface area contributed by atoms with Gasteiger partial charge in [0.05, 0.1) is 0 Å². The highest BCUT2D eigenvalue weighted by Gasteiger charge is 2.22. The van der Waals surface area contributed by atoms with Crippen molar-refractivity contribution in [2.45, 2.75) is 30.7 Å². The molecule has 0 unspecified atom stereocenters. The van der Waals surface area contributed by atoms with E-state index in [-0.39, 0.29) is 11.9 Å². The molecule has 2 rings (SSSR count). The average Bonchev–Trinajstić information content (AvgIpc) is 2.39. The molecule has 3 nitrogen and oxygen atoms in total. The summed E-state index contributed by atoms with van der Waals surface area (Å²) in [6.07, 6.45) is 3.85. The van der Waals surface area contributed by atoms with E-state index in [2.05, 4.69) is 6.07 Å². The Morgan fingerprint density at radius 2 is 2.06 bits per heavy atom. The van der Waals surface area contributed by atoms with Gasteiger partial charge in [0.2, 0.25) is 0 Å². The van der Waals surface area contributed by atoms with Crippen molar-refractivity contribution in [1.29, 1.82) is 0 Å². The highest BCUT2D eigenvalue weighted by Crippen LogP contribution is 2.21. The predicted molar refractivity (Wildman–Crippen MR) is 76.1 cm³/mol. The zero-order valence-corrected chi connectivity index (χ0v) is 11.8. The van der Waals surface area contributed by atoms with E-state index in [9.17, 15) is 4.79 Å². The maximum atomic E-state index is 12.5. The first-order valence-electron chi connectivity index (χ1n) is 6.31. The van der Waals surface area contributed by atoms with Crippen LogP contribution >= 0.6 is 11.8 Å². The van der Waals surface area contributed by atoms with Crippen LogP contribution in [0.5, 0.6) is 0 Å². The Bertz CT molecular complexity index is 439. The molecule has 0 radical (unpaired) electrons. The molecule has 0 aliphatic carbocycles. The van der Waals surface area contributed by atoms with E-state index in [1.807, 2.05) is 30.2 Å². The van der Waals surface area contributed by atoms with Gasteiger partial charge in [-0.1, -0.05) is 6.07 Å². The maximum Gasteiger partial charge on any atom is 0.254 e. The van der Waals surface area contributed by atoms with E-state index in [0.717, 1.165) is 42.0 Å². The summed E-state index contributed by atoms with van der Waals surface area (Å²) in [5, 5.41) is 0. The third-order valence-corrected chi connectivity index (χ3v) is 4.23. The fraction of sp³-hybridized carbons (Fsp3) is 0.500. The molecule has 1 heterocycles. The third-order valence-electron chi connectivity index (χ3n) is 3.50. The topological polar surface area (TPSA) is 46.3 Å². The van der Waals surface area contributed by atoms with Gasteiger partial charge in [0.15, 0.2) is 0 Å². The molecule has 0 aromatic heterocycles. The molecule has 1 aromatic carbocycles. The minimum atomic E-state index is 0.148. The van der Waals surface area contributed by atoms with Crippen LogP contribution in [0.1, 0.15) is 28.8 Å². The summed E-state index contributed by atoms with van der Waals surface area (Å²) in [6, 6.07) is 6.34. The van der Waals surface area contributed by atoms with Crippen LogP contribution in [0.2, 0.25) is 0 Å². The van der Waals surface area contributed by atoms with Crippen molar-refractivity contribution in [2.24, 2.45) is 5.73 Å². The number of hydrogen-bond acceptors (Lipinski definition) is 3. The molecule has 98 valence electrons. The highest BCUT2D eigenvalue weighted by atomic mass is 32.2. The van der Waals surface area contributed by atoms with Crippen LogP contribution in [0.25, 0.3) is 0 Å². The van der Waals surface area contributed by atoms with E-state index < -0.39 is 0 Å². The number of rotatable bonds is 2. The van der Waals surface area contributed by atoms with Crippen molar-refractivity contribution >= 4 is 17.7 Å². The summed E-state index contributed by atoms with van der Waals surface area (Å²) >= 11 is 1.67. The lowest BCUT2D eigenvalue weighted by Gasteiger charge is -2.30. The number of likely N-dealkylation sites (tertiary alicyclic amines) is 1. The fourth-order valence-corrected chi connectivity index (χ4v) is 2.67. The third kappa shape index (κ3) is 2.87. The largest absolute Gasteiger partial charge is 0.339 e. The first-order chi connectivity index (χ1) is 8.61. The van der Waals surface area contributed by atoms with Crippen molar-refractivity contribution < 1.29 is 4.79 Å². The van der Waals surface area contributed by atoms with Gasteiger partial charge in [-0.25, -0.2) is 0 Å². The number of nitrogens with zero attached hydrogens (tertiary/aromatic N) is 1. The molecule has 2 N–H and O–H groups in total. The van der Waals surface area contributed by atoms with Gasteiger partial charge in [0.1, 0.15) is 0 Å². The zero-order chi connectivity index (χ0) is 13.1. The molecule has 1 fully saturated rings. The Hall–Kier alpha value is -1.00. The number of piperidine rings is 1. The maximum absolute atomic E-state index is 12.5. The molecule has 18 heavy (non-hydrogen) atoms. The fourth-order valence-electron chi connectivity index (χ4n) is 2.23. The van der Waals surface area contributed by atoms with Gasteiger partial charge in [-0.3, -0.25) is 4.79 Å². The van der Waals surface area contributed by atoms with Gasteiger partial charge in [-0.15, -0.1) is 11.8 Å². The van der Waals surface area contributed by atoms with Crippen molar-refractivity contribution in [3.05, 3.63) is 29.3 Å². The second kappa shape index (κ2) is 5.76. The molecule has 1 aliphatic rings. The minimum Gasteiger partial charge on any atom is -0.339 e. The van der Waals surface area contributed by atoms with E-state index in [0.29, 0.717) is 0 Å². The Kier molecular flexibility index (Phi) is 4.30. The van der Waals surface area contributed by atoms with Gasteiger partial charge in [0.25, 0.3) is 5.91 Å². The zero-order valence-electron chi connectivity index (χ0n) is 11.0. The number of carbonyl (C=O) groups excluding carboxylic acids is 1. The molecular weight excluding hydrogens is 244 g/mol. The highest BCUT2D eigenvalue weighted by molar-refractivity contribution is 7.98. The number of nitrogens with two attached hydrogens (primary N) is 1. The summed E-state index contributed by atoms with van der Waals surface area (Å²) in [5.74, 6) is 0.148. The Morgan fingerprint density at radius 3 is 2.67 bits per heavy atom. The molecule has 0 saturated carbocycles. The van der Waals surface area contributed by atoms with E-state index in [1.54, 1.807) is 11.8 Å². The molecule has 0 bridgehead atoms. The number of hydrogen-bond donors (Lipinski definition) is 1. The predicted octanol–water partition coefficient (Wildman–Crippen LogP) is 2.28. The van der Waals surface area contributed by atoms with Crippen LogP contribution in [0.4, 0.5) is 0 Å². The van der Waals surface area contributed by atoms with Gasteiger partial charge in [-0.05, 0) is 43.7 Å². The summed E-state index contributed by atoms with van der Waals surface area (Å²) in [4.78, 5) is 15.5. The normalized spacial score (nSPS) is 16.9. The monoisotopic (exact) mass is 264 g/mol. The Morgan fingerprint density at radius 1 is 1.39 bits per heavy atom. The van der Waals surface area contributed by atoms with Crippen LogP contribution in [0.15, 0.2) is 23.1 Å². The van der Waals surface area contributed by atoms with Crippen LogP contribution < -0.4 is 5.73 Å². The summed E-state index contributed by atoms with van der Waals surface area (Å²) < 4.78 is 0. The SMILES string of the molecule is CSc1ccc(C)c(C(=O)N2CCC(N)CC2)c1. The molecular formula is C14H20N2OS. The van der Waals surface area contributed by atoms with E-state index in [1.165, 1.54) is 0 Å². The number of aryl methyl sites for hydroxylation is 1. The Labute approximate surface area is 113 Å². The van der Waals surface area contributed by atoms with Crippen LogP contribution in [0, 0.1) is 6.92 Å². The standard InChI is InChI=1S/C14H20N2OS/c1-10-3-4-12(18-2)9-13(10)14(17)16-7-5-11(15)6-8-16/h3-4,9,11H,5-8,15H2,1-2H3. The van der Waals surface area contributed by atoms with Gasteiger partial charge < -0.3 is 10.6 Å². The van der Waals surface area contributed by atoms with Crippen molar-refractivity contribution in [3.8, 4) is 0 Å². The molecule has 1 amide bonds.